The molecule has 0 aliphatic rings. The first-order chi connectivity index (χ1) is 64.8. The number of unbranched alkanes of at least 4 members (excludes halogenated alkanes) is 14. The fourth-order valence-electron chi connectivity index (χ4n) is 13.7. The molecule has 0 aliphatic carbocycles. The van der Waals surface area contributed by atoms with Gasteiger partial charge in [0.1, 0.15) is 37.1 Å². The van der Waals surface area contributed by atoms with Gasteiger partial charge in [-0.15, -0.1) is 0 Å². The first kappa shape index (κ1) is 121. The molecule has 0 spiro atoms. The van der Waals surface area contributed by atoms with Gasteiger partial charge in [0, 0.05) is 55.0 Å². The minimum absolute atomic E-state index is 0.0719. The Bertz CT molecular complexity index is 5040. The lowest BCUT2D eigenvalue weighted by atomic mass is 9.92. The predicted molar refractivity (Wildman–Crippen MR) is 544 cm³/mol. The maximum atomic E-state index is 12.5. The van der Waals surface area contributed by atoms with Crippen LogP contribution in [-0.4, -0.2) is 119 Å². The number of benzene rings is 9. The van der Waals surface area contributed by atoms with E-state index in [0.717, 1.165) is 75.5 Å². The standard InChI is InChI=1S/2C31H39O2S.C25H24F3O3S.2C8H16O5S.C6H14O3S/c2*1-4-5-6-7-8-9-10-17-22-30(32)33-31-25(2)23-29(24-26(31)3)34(27-18-13-11-14-19-27)28-20-15-12-16-21-28;1-18-15-22(32(20-9-5-3-6-10-20)21-11-7-4-8-12-21)16-19(2)24(18)31-17-23(29)30-14-13-25(26,27)28;2*1-8(2,3)6-7(9)13-4-5-14(10,11)12;1-6(2,3)4-5-10(7,8)9/h2*11-16,18-21,23-24H,4-10,17,22H2,1-3H3;3-12,15-16H,13-14,17H2,1-2H3;2*4-6H2,1-3H3,(H,10,11,12);4-5H2,1-3H3,(H,7,8,9)/q3*+1;;;/p-3. The van der Waals surface area contributed by atoms with E-state index in [9.17, 15) is 76.1 Å². The zero-order valence-electron chi connectivity index (χ0n) is 83.5. The topological polar surface area (TPSA) is 312 Å². The molecule has 758 valence electrons. The number of aryl methyl sites for hydroxylation is 6. The molecule has 0 N–H and O–H groups in total. The van der Waals surface area contributed by atoms with Crippen molar-refractivity contribution in [3.63, 3.8) is 0 Å². The van der Waals surface area contributed by atoms with Crippen molar-refractivity contribution >= 4 is 92.9 Å². The van der Waals surface area contributed by atoms with E-state index in [2.05, 4.69) is 198 Å². The number of carbonyl (C=O) groups is 5. The summed E-state index contributed by atoms with van der Waals surface area (Å²) in [7, 11) is -13.3. The third-order valence-corrected chi connectivity index (χ3v) is 29.0. The summed E-state index contributed by atoms with van der Waals surface area (Å²) in [6.45, 7) is 31.4. The van der Waals surface area contributed by atoms with Crippen LogP contribution in [0.1, 0.15) is 251 Å². The Labute approximate surface area is 829 Å². The summed E-state index contributed by atoms with van der Waals surface area (Å²) in [6.07, 6.45) is 15.8. The lowest BCUT2D eigenvalue weighted by molar-refractivity contribution is -0.160. The van der Waals surface area contributed by atoms with Crippen LogP contribution >= 0.6 is 0 Å². The van der Waals surface area contributed by atoms with Gasteiger partial charge in [0.15, 0.2) is 50.7 Å². The maximum Gasteiger partial charge on any atom is 0.392 e. The SMILES string of the molecule is CC(C)(C)CC(=O)OCCS(=O)(=O)[O-].CC(C)(C)CC(=O)OCCS(=O)(=O)[O-].CC(C)(C)CCS(=O)(=O)[O-].CCCCCCCCCCC(=O)Oc1c(C)cc([S+](c2ccccc2)c2ccccc2)cc1C.CCCCCCCCCCC(=O)Oc1c(C)cc([S+](c2ccccc2)c2ccccc2)cc1C.Cc1cc([S+](c2ccccc2)c2ccccc2)cc(C)c1OCC(=O)OCCC(F)(F)F. The summed E-state index contributed by atoms with van der Waals surface area (Å²) in [5.41, 5.74) is 5.28. The number of rotatable bonds is 44. The van der Waals surface area contributed by atoms with Crippen molar-refractivity contribution in [2.45, 2.75) is 309 Å². The fraction of sp³-hybridized carbons (Fsp3) is 0.459. The van der Waals surface area contributed by atoms with Crippen LogP contribution < -0.4 is 14.2 Å². The number of ether oxygens (including phenoxy) is 6. The molecule has 0 heterocycles. The van der Waals surface area contributed by atoms with E-state index in [1.54, 1.807) is 0 Å². The van der Waals surface area contributed by atoms with Gasteiger partial charge in [-0.1, -0.05) is 275 Å². The molecular formula is C109H145F3O20S6. The molecular weight excluding hydrogens is 1880 g/mol. The van der Waals surface area contributed by atoms with E-state index in [4.69, 9.17) is 14.2 Å². The number of hydrogen-bond acceptors (Lipinski definition) is 20. The van der Waals surface area contributed by atoms with E-state index in [1.807, 2.05) is 152 Å². The number of carbonyl (C=O) groups excluding carboxylic acids is 5. The molecule has 0 aromatic heterocycles. The van der Waals surface area contributed by atoms with Gasteiger partial charge in [-0.25, -0.2) is 30.0 Å². The monoisotopic (exact) mass is 2020 g/mol. The molecule has 9 aromatic carbocycles. The Balaban J connectivity index is 0.000000365. The highest BCUT2D eigenvalue weighted by Gasteiger charge is 2.35. The number of esters is 5. The second-order valence-electron chi connectivity index (χ2n) is 37.2. The third kappa shape index (κ3) is 53.4. The summed E-state index contributed by atoms with van der Waals surface area (Å²) in [5, 5.41) is 0. The van der Waals surface area contributed by atoms with Crippen molar-refractivity contribution in [2.75, 3.05) is 43.7 Å². The Kier molecular flexibility index (Phi) is 54.4. The molecule has 9 rings (SSSR count). The number of alkyl halides is 3. The largest absolute Gasteiger partial charge is 0.748 e. The zero-order chi connectivity index (χ0) is 103. The molecule has 0 saturated heterocycles. The van der Waals surface area contributed by atoms with Gasteiger partial charge >= 0.3 is 36.0 Å². The van der Waals surface area contributed by atoms with Gasteiger partial charge in [0.05, 0.1) is 93.8 Å². The molecule has 0 amide bonds. The molecule has 0 radical (unpaired) electrons. The summed E-state index contributed by atoms with van der Waals surface area (Å²) in [5.74, 6) is -1.64. The van der Waals surface area contributed by atoms with Crippen molar-refractivity contribution in [3.05, 3.63) is 252 Å². The molecule has 0 aliphatic heterocycles. The summed E-state index contributed by atoms with van der Waals surface area (Å²) >= 11 is 0. The third-order valence-electron chi connectivity index (χ3n) is 20.4. The highest BCUT2D eigenvalue weighted by atomic mass is 32.2. The van der Waals surface area contributed by atoms with Crippen LogP contribution in [0.15, 0.2) is 262 Å². The Hall–Kier alpha value is -9.30. The van der Waals surface area contributed by atoms with E-state index < -0.39 is 85.6 Å². The van der Waals surface area contributed by atoms with Crippen molar-refractivity contribution < 1.29 is 104 Å². The van der Waals surface area contributed by atoms with Gasteiger partial charge < -0.3 is 42.1 Å². The summed E-state index contributed by atoms with van der Waals surface area (Å²) in [6, 6.07) is 75.8. The van der Waals surface area contributed by atoms with Crippen LogP contribution in [0.2, 0.25) is 0 Å². The van der Waals surface area contributed by atoms with Crippen molar-refractivity contribution in [1.29, 1.82) is 0 Å². The van der Waals surface area contributed by atoms with Crippen molar-refractivity contribution in [3.8, 4) is 17.2 Å². The van der Waals surface area contributed by atoms with Gasteiger partial charge in [0.25, 0.3) is 0 Å². The summed E-state index contributed by atoms with van der Waals surface area (Å²) in [4.78, 5) is 70.0. The molecule has 20 nitrogen and oxygen atoms in total. The quantitative estimate of drug-likeness (QED) is 0.00855. The fourth-order valence-corrected chi connectivity index (χ4v) is 21.9. The van der Waals surface area contributed by atoms with Crippen molar-refractivity contribution in [2.24, 2.45) is 16.2 Å². The lowest BCUT2D eigenvalue weighted by Crippen LogP contribution is -2.19. The number of halogens is 3. The molecule has 138 heavy (non-hydrogen) atoms. The lowest BCUT2D eigenvalue weighted by Gasteiger charge is -2.18. The van der Waals surface area contributed by atoms with E-state index >= 15 is 0 Å². The van der Waals surface area contributed by atoms with E-state index in [-0.39, 0.29) is 92.7 Å². The molecule has 0 atom stereocenters. The van der Waals surface area contributed by atoms with Gasteiger partial charge in [0.2, 0.25) is 0 Å². The average molecular weight is 2020 g/mol. The molecule has 0 saturated carbocycles. The Morgan fingerprint density at radius 2 is 0.536 bits per heavy atom. The van der Waals surface area contributed by atoms with E-state index in [0.29, 0.717) is 25.0 Å². The highest BCUT2D eigenvalue weighted by molar-refractivity contribution is 7.97. The minimum atomic E-state index is -4.36. The second kappa shape index (κ2) is 62.1. The van der Waals surface area contributed by atoms with Crippen LogP contribution in [0, 0.1) is 57.8 Å². The first-order valence-corrected chi connectivity index (χ1v) is 55.5. The Morgan fingerprint density at radius 3 is 0.761 bits per heavy atom. The van der Waals surface area contributed by atoms with Crippen LogP contribution in [0.3, 0.4) is 0 Å². The highest BCUT2D eigenvalue weighted by Crippen LogP contribution is 2.40. The van der Waals surface area contributed by atoms with Crippen LogP contribution in [0.4, 0.5) is 13.2 Å². The Morgan fingerprint density at radius 1 is 0.297 bits per heavy atom. The van der Waals surface area contributed by atoms with Gasteiger partial charge in [-0.05, 0) is 183 Å². The minimum Gasteiger partial charge on any atom is -0.748 e. The number of hydrogen-bond donors (Lipinski definition) is 0. The molecule has 0 fully saturated rings. The van der Waals surface area contributed by atoms with Crippen LogP contribution in [-0.2, 0) is 101 Å². The average Bonchev–Trinajstić information content (AvgIpc) is 0.800. The maximum absolute atomic E-state index is 12.5. The second-order valence-corrected chi connectivity index (χ2v) is 47.9. The van der Waals surface area contributed by atoms with Crippen molar-refractivity contribution in [1.82, 2.24) is 0 Å². The van der Waals surface area contributed by atoms with Gasteiger partial charge in [-0.3, -0.25) is 19.2 Å². The predicted octanol–water partition coefficient (Wildman–Crippen LogP) is 25.9. The normalized spacial score (nSPS) is 11.6. The molecule has 9 aromatic rings. The smallest absolute Gasteiger partial charge is 0.392 e. The van der Waals surface area contributed by atoms with Crippen LogP contribution in [0.25, 0.3) is 0 Å². The van der Waals surface area contributed by atoms with Gasteiger partial charge in [-0.2, -0.15) is 13.2 Å². The molecule has 0 bridgehead atoms. The van der Waals surface area contributed by atoms with E-state index in [1.165, 1.54) is 116 Å². The molecule has 0 unspecified atom stereocenters. The zero-order valence-corrected chi connectivity index (χ0v) is 88.4. The summed E-state index contributed by atoms with van der Waals surface area (Å²) < 4.78 is 159. The molecule has 29 heteroatoms. The first-order valence-electron chi connectivity index (χ1n) is 47.1. The van der Waals surface area contributed by atoms with Crippen LogP contribution in [0.5, 0.6) is 17.2 Å².